The number of fused-ring (bicyclic) bond motifs is 1. The van der Waals surface area contributed by atoms with Gasteiger partial charge in [-0.25, -0.2) is 9.37 Å². The fourth-order valence-corrected chi connectivity index (χ4v) is 2.78. The average molecular weight is 323 g/mol. The zero-order valence-electron chi connectivity index (χ0n) is 11.4. The second-order valence-electron chi connectivity index (χ2n) is 4.87. The van der Waals surface area contributed by atoms with E-state index >= 15 is 0 Å². The smallest absolute Gasteiger partial charge is 0.125 e. The molecular weight excluding hydrogens is 310 g/mol. The molecular formula is C16H13Cl2FN2. The maximum Gasteiger partial charge on any atom is 0.125 e. The molecule has 3 aromatic rings. The third-order valence-corrected chi connectivity index (χ3v) is 3.84. The van der Waals surface area contributed by atoms with E-state index in [1.165, 1.54) is 12.1 Å². The lowest BCUT2D eigenvalue weighted by Crippen LogP contribution is -2.04. The third kappa shape index (κ3) is 2.63. The number of halogens is 3. The summed E-state index contributed by atoms with van der Waals surface area (Å²) >= 11 is 12.0. The molecule has 0 saturated heterocycles. The van der Waals surface area contributed by atoms with Crippen LogP contribution in [-0.2, 0) is 6.42 Å². The topological polar surface area (TPSA) is 17.8 Å². The van der Waals surface area contributed by atoms with Crippen molar-refractivity contribution in [1.29, 1.82) is 0 Å². The molecule has 3 rings (SSSR count). The first kappa shape index (κ1) is 14.4. The molecule has 5 heteroatoms. The summed E-state index contributed by atoms with van der Waals surface area (Å²) in [5, 5.41) is 0.630. The van der Waals surface area contributed by atoms with Gasteiger partial charge in [0.25, 0.3) is 0 Å². The van der Waals surface area contributed by atoms with Crippen molar-refractivity contribution in [2.45, 2.75) is 13.3 Å². The summed E-state index contributed by atoms with van der Waals surface area (Å²) in [4.78, 5) is 4.56. The molecule has 0 fully saturated rings. The summed E-state index contributed by atoms with van der Waals surface area (Å²) in [6, 6.07) is 10.2. The lowest BCUT2D eigenvalue weighted by molar-refractivity contribution is 0.629. The van der Waals surface area contributed by atoms with Crippen molar-refractivity contribution in [3.63, 3.8) is 0 Å². The van der Waals surface area contributed by atoms with Crippen LogP contribution in [-0.4, -0.2) is 15.4 Å². The van der Waals surface area contributed by atoms with E-state index in [0.29, 0.717) is 17.3 Å². The third-order valence-electron chi connectivity index (χ3n) is 3.42. The lowest BCUT2D eigenvalue weighted by atomic mass is 10.2. The van der Waals surface area contributed by atoms with E-state index in [0.717, 1.165) is 28.1 Å². The van der Waals surface area contributed by atoms with Crippen LogP contribution in [0.4, 0.5) is 4.39 Å². The van der Waals surface area contributed by atoms with Gasteiger partial charge in [-0.2, -0.15) is 0 Å². The number of rotatable bonds is 3. The monoisotopic (exact) mass is 322 g/mol. The molecule has 1 aromatic heterocycles. The predicted molar refractivity (Wildman–Crippen MR) is 85.2 cm³/mol. The molecule has 108 valence electrons. The van der Waals surface area contributed by atoms with Crippen LogP contribution in [0.5, 0.6) is 0 Å². The first-order valence-corrected chi connectivity index (χ1v) is 7.51. The number of aromatic nitrogens is 2. The minimum atomic E-state index is -0.291. The molecule has 0 spiro atoms. The van der Waals surface area contributed by atoms with Gasteiger partial charge in [-0.15, -0.1) is 11.6 Å². The number of hydrogen-bond acceptors (Lipinski definition) is 1. The summed E-state index contributed by atoms with van der Waals surface area (Å²) < 4.78 is 15.5. The number of benzene rings is 2. The predicted octanol–water partition coefficient (Wildman–Crippen LogP) is 4.91. The quantitative estimate of drug-likeness (QED) is 0.626. The maximum atomic E-state index is 13.6. The zero-order valence-corrected chi connectivity index (χ0v) is 12.9. The van der Waals surface area contributed by atoms with E-state index in [2.05, 4.69) is 4.98 Å². The van der Waals surface area contributed by atoms with Crippen molar-refractivity contribution >= 4 is 34.2 Å². The molecule has 1 heterocycles. The summed E-state index contributed by atoms with van der Waals surface area (Å²) in [5.41, 5.74) is 3.41. The van der Waals surface area contributed by atoms with E-state index in [4.69, 9.17) is 23.2 Å². The second-order valence-corrected chi connectivity index (χ2v) is 5.68. The largest absolute Gasteiger partial charge is 0.296 e. The molecule has 0 aliphatic heterocycles. The van der Waals surface area contributed by atoms with E-state index in [9.17, 15) is 4.39 Å². The van der Waals surface area contributed by atoms with Gasteiger partial charge in [-0.3, -0.25) is 4.57 Å². The number of imidazole rings is 1. The molecule has 0 radical (unpaired) electrons. The van der Waals surface area contributed by atoms with Crippen LogP contribution in [0.15, 0.2) is 36.4 Å². The van der Waals surface area contributed by atoms with Gasteiger partial charge >= 0.3 is 0 Å². The van der Waals surface area contributed by atoms with Crippen molar-refractivity contribution in [2.75, 3.05) is 5.88 Å². The lowest BCUT2D eigenvalue weighted by Gasteiger charge is -2.12. The second kappa shape index (κ2) is 5.66. The summed E-state index contributed by atoms with van der Waals surface area (Å²) in [7, 11) is 0. The van der Waals surface area contributed by atoms with Gasteiger partial charge in [-0.1, -0.05) is 17.7 Å². The molecule has 0 atom stereocenters. The van der Waals surface area contributed by atoms with E-state index in [1.807, 2.05) is 29.7 Å². The Morgan fingerprint density at radius 2 is 2.00 bits per heavy atom. The Kier molecular flexibility index (Phi) is 3.87. The van der Waals surface area contributed by atoms with Crippen molar-refractivity contribution in [2.24, 2.45) is 0 Å². The van der Waals surface area contributed by atoms with Gasteiger partial charge in [0.15, 0.2) is 0 Å². The molecule has 0 aliphatic rings. The molecule has 21 heavy (non-hydrogen) atoms. The summed E-state index contributed by atoms with van der Waals surface area (Å²) in [5.74, 6) is 0.961. The SMILES string of the molecule is Cc1ccc(Cl)cc1-n1c(CCCl)nc2ccc(F)cc21. The van der Waals surface area contributed by atoms with Crippen molar-refractivity contribution in [3.05, 3.63) is 58.6 Å². The summed E-state index contributed by atoms with van der Waals surface area (Å²) in [6.45, 7) is 1.99. The Balaban J connectivity index is 2.35. The molecule has 0 unspecified atom stereocenters. The van der Waals surface area contributed by atoms with Crippen LogP contribution in [0.1, 0.15) is 11.4 Å². The van der Waals surface area contributed by atoms with Gasteiger partial charge in [0.1, 0.15) is 11.6 Å². The first-order chi connectivity index (χ1) is 10.1. The summed E-state index contributed by atoms with van der Waals surface area (Å²) in [6.07, 6.45) is 0.601. The van der Waals surface area contributed by atoms with E-state index in [-0.39, 0.29) is 5.82 Å². The van der Waals surface area contributed by atoms with Gasteiger partial charge in [0, 0.05) is 23.4 Å². The van der Waals surface area contributed by atoms with Gasteiger partial charge < -0.3 is 0 Å². The highest BCUT2D eigenvalue weighted by molar-refractivity contribution is 6.30. The minimum Gasteiger partial charge on any atom is -0.296 e. The van der Waals surface area contributed by atoms with Crippen LogP contribution in [0.3, 0.4) is 0 Å². The van der Waals surface area contributed by atoms with Crippen molar-refractivity contribution in [3.8, 4) is 5.69 Å². The Labute approximate surface area is 132 Å². The highest BCUT2D eigenvalue weighted by atomic mass is 35.5. The van der Waals surface area contributed by atoms with Crippen LogP contribution in [0.2, 0.25) is 5.02 Å². The zero-order chi connectivity index (χ0) is 15.0. The van der Waals surface area contributed by atoms with Crippen molar-refractivity contribution < 1.29 is 4.39 Å². The first-order valence-electron chi connectivity index (χ1n) is 6.59. The molecule has 0 saturated carbocycles. The van der Waals surface area contributed by atoms with Gasteiger partial charge in [0.05, 0.1) is 16.7 Å². The molecule has 2 nitrogen and oxygen atoms in total. The van der Waals surface area contributed by atoms with Crippen LogP contribution < -0.4 is 0 Å². The number of alkyl halides is 1. The van der Waals surface area contributed by atoms with Gasteiger partial charge in [0.2, 0.25) is 0 Å². The molecule has 0 bridgehead atoms. The van der Waals surface area contributed by atoms with E-state index in [1.54, 1.807) is 6.07 Å². The van der Waals surface area contributed by atoms with Crippen LogP contribution in [0.25, 0.3) is 16.7 Å². The maximum absolute atomic E-state index is 13.6. The fraction of sp³-hybridized carbons (Fsp3) is 0.188. The molecule has 2 aromatic carbocycles. The molecule has 0 amide bonds. The van der Waals surface area contributed by atoms with Gasteiger partial charge in [-0.05, 0) is 36.8 Å². The Bertz CT molecular complexity index is 811. The van der Waals surface area contributed by atoms with Crippen molar-refractivity contribution in [1.82, 2.24) is 9.55 Å². The highest BCUT2D eigenvalue weighted by Gasteiger charge is 2.14. The number of hydrogen-bond donors (Lipinski definition) is 0. The highest BCUT2D eigenvalue weighted by Crippen LogP contribution is 2.27. The Hall–Kier alpha value is -1.58. The van der Waals surface area contributed by atoms with Crippen LogP contribution in [0, 0.1) is 12.7 Å². The van der Waals surface area contributed by atoms with Crippen LogP contribution >= 0.6 is 23.2 Å². The Morgan fingerprint density at radius 1 is 1.19 bits per heavy atom. The number of aryl methyl sites for hydroxylation is 2. The Morgan fingerprint density at radius 3 is 2.76 bits per heavy atom. The average Bonchev–Trinajstić information content (AvgIpc) is 2.79. The number of nitrogens with zero attached hydrogens (tertiary/aromatic N) is 2. The minimum absolute atomic E-state index is 0.291. The molecule has 0 N–H and O–H groups in total. The standard InChI is InChI=1S/C16H13Cl2FN2/c1-10-2-3-11(18)8-14(10)21-15-9-12(19)4-5-13(15)20-16(21)6-7-17/h2-5,8-9H,6-7H2,1H3. The normalized spacial score (nSPS) is 11.2. The fourth-order valence-electron chi connectivity index (χ4n) is 2.44. The van der Waals surface area contributed by atoms with E-state index < -0.39 is 0 Å². The molecule has 0 aliphatic carbocycles.